The number of nitrogens with zero attached hydrogens (tertiary/aromatic N) is 4. The lowest BCUT2D eigenvalue weighted by molar-refractivity contribution is -0.137. The van der Waals surface area contributed by atoms with Crippen molar-refractivity contribution in [1.82, 2.24) is 18.9 Å². The second-order valence-corrected chi connectivity index (χ2v) is 5.57. The first-order valence-electron chi connectivity index (χ1n) is 7.19. The summed E-state index contributed by atoms with van der Waals surface area (Å²) < 4.78 is 70.6. The molecule has 3 heterocycles. The van der Waals surface area contributed by atoms with Crippen LogP contribution in [0.1, 0.15) is 12.5 Å². The number of alkyl halides is 5. The number of fused-ring (bicyclic) bond motifs is 1. The third kappa shape index (κ3) is 3.81. The lowest BCUT2D eigenvalue weighted by atomic mass is 10.3. The van der Waals surface area contributed by atoms with Crippen molar-refractivity contribution < 1.29 is 26.7 Å². The van der Waals surface area contributed by atoms with Gasteiger partial charge in [-0.05, 0) is 12.1 Å². The molecule has 0 amide bonds. The molecule has 3 aromatic rings. The molecule has 3 aromatic heterocycles. The first kappa shape index (κ1) is 17.8. The maximum atomic E-state index is 12.8. The number of ether oxygens (including phenoxy) is 1. The predicted octanol–water partition coefficient (Wildman–Crippen LogP) is 2.93. The highest BCUT2D eigenvalue weighted by Gasteiger charge is 2.31. The second kappa shape index (κ2) is 6.07. The second-order valence-electron chi connectivity index (χ2n) is 5.57. The molecule has 26 heavy (non-hydrogen) atoms. The van der Waals surface area contributed by atoms with Crippen molar-refractivity contribution in [3.8, 4) is 11.7 Å². The molecular weight excluding hydrogens is 363 g/mol. The van der Waals surface area contributed by atoms with E-state index in [1.165, 1.54) is 6.20 Å². The van der Waals surface area contributed by atoms with Crippen molar-refractivity contribution in [2.45, 2.75) is 19.0 Å². The highest BCUT2D eigenvalue weighted by molar-refractivity contribution is 5.45. The van der Waals surface area contributed by atoms with Crippen LogP contribution < -0.4 is 10.3 Å². The smallest absolute Gasteiger partial charge is 0.417 e. The molecule has 0 saturated carbocycles. The fourth-order valence-corrected chi connectivity index (χ4v) is 2.10. The third-order valence-electron chi connectivity index (χ3n) is 3.27. The number of hydrogen-bond acceptors (Lipinski definition) is 4. The van der Waals surface area contributed by atoms with Gasteiger partial charge in [0.25, 0.3) is 11.5 Å². The Balaban J connectivity index is 1.92. The van der Waals surface area contributed by atoms with Crippen LogP contribution in [0.15, 0.2) is 41.7 Å². The minimum Gasteiger partial charge on any atom is -0.471 e. The van der Waals surface area contributed by atoms with Gasteiger partial charge in [0.15, 0.2) is 12.4 Å². The summed E-state index contributed by atoms with van der Waals surface area (Å²) in [6.45, 7) is -0.294. The zero-order valence-electron chi connectivity index (χ0n) is 13.2. The van der Waals surface area contributed by atoms with Gasteiger partial charge in [0.1, 0.15) is 12.0 Å². The van der Waals surface area contributed by atoms with Gasteiger partial charge in [0.2, 0.25) is 5.88 Å². The molecule has 0 fully saturated rings. The van der Waals surface area contributed by atoms with Crippen LogP contribution in [-0.2, 0) is 6.18 Å². The topological polar surface area (TPSA) is 61.4 Å². The number of hydrogen-bond donors (Lipinski definition) is 0. The van der Waals surface area contributed by atoms with Gasteiger partial charge in [-0.2, -0.15) is 13.2 Å². The van der Waals surface area contributed by atoms with E-state index < -0.39 is 29.8 Å². The maximum absolute atomic E-state index is 12.8. The van der Waals surface area contributed by atoms with Crippen molar-refractivity contribution in [1.29, 1.82) is 0 Å². The van der Waals surface area contributed by atoms with Crippen molar-refractivity contribution in [3.05, 3.63) is 52.8 Å². The van der Waals surface area contributed by atoms with E-state index in [2.05, 4.69) is 9.97 Å². The molecule has 3 rings (SSSR count). The summed E-state index contributed by atoms with van der Waals surface area (Å²) in [7, 11) is 0. The fourth-order valence-electron chi connectivity index (χ4n) is 2.10. The van der Waals surface area contributed by atoms with Crippen LogP contribution >= 0.6 is 0 Å². The van der Waals surface area contributed by atoms with E-state index in [1.54, 1.807) is 0 Å². The molecule has 0 radical (unpaired) electrons. The minimum absolute atomic E-state index is 0.0224. The van der Waals surface area contributed by atoms with Gasteiger partial charge >= 0.3 is 6.18 Å². The van der Waals surface area contributed by atoms with Crippen LogP contribution in [0.3, 0.4) is 0 Å². The normalized spacial score (nSPS) is 12.5. The van der Waals surface area contributed by atoms with E-state index in [1.807, 2.05) is 0 Å². The molecule has 0 saturated heterocycles. The first-order chi connectivity index (χ1) is 12.0. The van der Waals surface area contributed by atoms with Gasteiger partial charge in [-0.15, -0.1) is 0 Å². The summed E-state index contributed by atoms with van der Waals surface area (Å²) in [5.74, 6) is -3.36. The maximum Gasteiger partial charge on any atom is 0.417 e. The Morgan fingerprint density at radius 2 is 1.88 bits per heavy atom. The molecular formula is C15H11F5N4O2. The number of rotatable bonds is 4. The lowest BCUT2D eigenvalue weighted by Crippen LogP contribution is -2.23. The Labute approximate surface area is 142 Å². The fraction of sp³-hybridized carbons (Fsp3) is 0.267. The average molecular weight is 374 g/mol. The molecule has 0 atom stereocenters. The van der Waals surface area contributed by atoms with Crippen molar-refractivity contribution >= 4 is 5.65 Å². The molecule has 0 aliphatic heterocycles. The van der Waals surface area contributed by atoms with Gasteiger partial charge < -0.3 is 9.14 Å². The average Bonchev–Trinajstić information content (AvgIpc) is 2.94. The molecule has 0 aliphatic carbocycles. The van der Waals surface area contributed by atoms with E-state index in [4.69, 9.17) is 4.74 Å². The molecule has 138 valence electrons. The number of aromatic nitrogens is 4. The van der Waals surface area contributed by atoms with Gasteiger partial charge in [-0.1, -0.05) is 0 Å². The van der Waals surface area contributed by atoms with Gasteiger partial charge in [-0.25, -0.2) is 23.3 Å². The SMILES string of the molecule is CC(F)(F)COc1cc(=O)n(-c2cn3cc(C(F)(F)F)ccc3n2)cn1. The van der Waals surface area contributed by atoms with Crippen molar-refractivity contribution in [3.63, 3.8) is 0 Å². The van der Waals surface area contributed by atoms with Crippen LogP contribution in [0.5, 0.6) is 5.88 Å². The molecule has 6 nitrogen and oxygen atoms in total. The highest BCUT2D eigenvalue weighted by Crippen LogP contribution is 2.29. The van der Waals surface area contributed by atoms with E-state index in [9.17, 15) is 26.7 Å². The van der Waals surface area contributed by atoms with Gasteiger partial charge in [0.05, 0.1) is 17.8 Å². The van der Waals surface area contributed by atoms with Crippen LogP contribution in [-0.4, -0.2) is 31.5 Å². The Bertz CT molecular complexity index is 1000. The van der Waals surface area contributed by atoms with Gasteiger partial charge in [-0.3, -0.25) is 4.79 Å². The van der Waals surface area contributed by atoms with E-state index in [-0.39, 0.29) is 17.3 Å². The van der Waals surface area contributed by atoms with Crippen LogP contribution in [0.2, 0.25) is 0 Å². The zero-order valence-corrected chi connectivity index (χ0v) is 13.2. The molecule has 0 unspecified atom stereocenters. The zero-order chi connectivity index (χ0) is 19.1. The predicted molar refractivity (Wildman–Crippen MR) is 79.7 cm³/mol. The van der Waals surface area contributed by atoms with Gasteiger partial charge in [0, 0.05) is 13.1 Å². The minimum atomic E-state index is -4.52. The standard InChI is InChI=1S/C15H11F5N4O2/c1-14(16,17)7-26-12-4-13(25)24(8-21-12)11-6-23-5-9(15(18,19)20)2-3-10(23)22-11/h2-6,8H,7H2,1H3. The lowest BCUT2D eigenvalue weighted by Gasteiger charge is -2.11. The monoisotopic (exact) mass is 374 g/mol. The van der Waals surface area contributed by atoms with Crippen molar-refractivity contribution in [2.24, 2.45) is 0 Å². The number of pyridine rings is 1. The summed E-state index contributed by atoms with van der Waals surface area (Å²) in [6.07, 6.45) is -1.46. The quantitative estimate of drug-likeness (QED) is 0.659. The Kier molecular flexibility index (Phi) is 4.17. The summed E-state index contributed by atoms with van der Waals surface area (Å²) in [5.41, 5.74) is -1.37. The van der Waals surface area contributed by atoms with Crippen molar-refractivity contribution in [2.75, 3.05) is 6.61 Å². The summed E-state index contributed by atoms with van der Waals surface area (Å²) in [4.78, 5) is 19.9. The molecule has 0 bridgehead atoms. The van der Waals surface area contributed by atoms with E-state index >= 15 is 0 Å². The number of imidazole rings is 1. The van der Waals surface area contributed by atoms with Crippen LogP contribution in [0, 0.1) is 0 Å². The number of halogens is 5. The molecule has 0 spiro atoms. The highest BCUT2D eigenvalue weighted by atomic mass is 19.4. The molecule has 0 aliphatic rings. The summed E-state index contributed by atoms with van der Waals surface area (Å²) in [5, 5.41) is 0. The Hall–Kier alpha value is -2.98. The summed E-state index contributed by atoms with van der Waals surface area (Å²) >= 11 is 0. The summed E-state index contributed by atoms with van der Waals surface area (Å²) in [6, 6.07) is 2.91. The molecule has 0 aromatic carbocycles. The largest absolute Gasteiger partial charge is 0.471 e. The Morgan fingerprint density at radius 1 is 1.15 bits per heavy atom. The van der Waals surface area contributed by atoms with E-state index in [0.717, 1.165) is 39.7 Å². The van der Waals surface area contributed by atoms with Crippen LogP contribution in [0.4, 0.5) is 22.0 Å². The van der Waals surface area contributed by atoms with E-state index in [0.29, 0.717) is 6.92 Å². The first-order valence-corrected chi connectivity index (χ1v) is 7.19. The molecule has 0 N–H and O–H groups in total. The molecule has 11 heteroatoms. The Morgan fingerprint density at radius 3 is 2.50 bits per heavy atom. The van der Waals surface area contributed by atoms with Crippen LogP contribution in [0.25, 0.3) is 11.5 Å². The third-order valence-corrected chi connectivity index (χ3v) is 3.27.